The van der Waals surface area contributed by atoms with Gasteiger partial charge in [-0.25, -0.2) is 9.38 Å². The molecule has 29 heavy (non-hydrogen) atoms. The average molecular weight is 396 g/mol. The van der Waals surface area contributed by atoms with E-state index in [1.54, 1.807) is 18.2 Å². The van der Waals surface area contributed by atoms with Crippen molar-refractivity contribution in [1.82, 2.24) is 9.80 Å². The summed E-state index contributed by atoms with van der Waals surface area (Å²) >= 11 is 0. The minimum atomic E-state index is -0.290. The molecule has 0 amide bonds. The summed E-state index contributed by atoms with van der Waals surface area (Å²) in [5, 5.41) is 0. The molecule has 3 heterocycles. The number of hydrogen-bond acceptors (Lipinski definition) is 4. The van der Waals surface area contributed by atoms with Crippen molar-refractivity contribution < 1.29 is 9.13 Å². The molecule has 0 saturated carbocycles. The number of halogens is 1. The molecule has 0 aliphatic carbocycles. The third kappa shape index (κ3) is 4.30. The van der Waals surface area contributed by atoms with Gasteiger partial charge in [-0.2, -0.15) is 0 Å². The SMILES string of the molecule is C=C/C1=C2/N=C(C=CN2C)CCCC2CCN(C)C[C@@H]2COc2ccc(F)c1c2. The molecule has 1 fully saturated rings. The van der Waals surface area contributed by atoms with Gasteiger partial charge in [0.05, 0.1) is 6.61 Å². The van der Waals surface area contributed by atoms with Gasteiger partial charge in [-0.05, 0) is 69.5 Å². The molecule has 0 aromatic heterocycles. The van der Waals surface area contributed by atoms with Crippen molar-refractivity contribution in [3.05, 3.63) is 60.3 Å². The summed E-state index contributed by atoms with van der Waals surface area (Å²) < 4.78 is 20.9. The first kappa shape index (κ1) is 19.9. The van der Waals surface area contributed by atoms with Gasteiger partial charge in [0.2, 0.25) is 0 Å². The van der Waals surface area contributed by atoms with Crippen molar-refractivity contribution in [1.29, 1.82) is 0 Å². The molecule has 154 valence electrons. The Balaban J connectivity index is 1.75. The van der Waals surface area contributed by atoms with Crippen LogP contribution in [0.1, 0.15) is 31.2 Å². The lowest BCUT2D eigenvalue weighted by Gasteiger charge is -2.37. The van der Waals surface area contributed by atoms with Gasteiger partial charge < -0.3 is 14.5 Å². The first-order valence-corrected chi connectivity index (χ1v) is 10.5. The summed E-state index contributed by atoms with van der Waals surface area (Å²) in [6.45, 7) is 6.79. The predicted octanol–water partition coefficient (Wildman–Crippen LogP) is 4.71. The van der Waals surface area contributed by atoms with E-state index in [1.807, 2.05) is 18.1 Å². The maximum atomic E-state index is 14.8. The van der Waals surface area contributed by atoms with Crippen LogP contribution in [0.25, 0.3) is 5.57 Å². The number of fused-ring (bicyclic) bond motifs is 4. The zero-order chi connectivity index (χ0) is 20.4. The second-order valence-corrected chi connectivity index (χ2v) is 8.39. The zero-order valence-electron chi connectivity index (χ0n) is 17.4. The normalized spacial score (nSPS) is 28.1. The van der Waals surface area contributed by atoms with Gasteiger partial charge in [0.1, 0.15) is 17.4 Å². The van der Waals surface area contributed by atoms with Crippen LogP contribution in [-0.4, -0.2) is 49.3 Å². The van der Waals surface area contributed by atoms with Crippen LogP contribution in [0.3, 0.4) is 0 Å². The van der Waals surface area contributed by atoms with Crippen LogP contribution in [0.15, 0.2) is 53.9 Å². The molecular weight excluding hydrogens is 365 g/mol. The summed E-state index contributed by atoms with van der Waals surface area (Å²) in [7, 11) is 4.11. The number of benzene rings is 1. The van der Waals surface area contributed by atoms with Crippen molar-refractivity contribution in [3.63, 3.8) is 0 Å². The highest BCUT2D eigenvalue weighted by Gasteiger charge is 2.28. The molecule has 0 spiro atoms. The number of ether oxygens (including phenoxy) is 1. The minimum Gasteiger partial charge on any atom is -0.493 e. The Bertz CT molecular complexity index is 873. The van der Waals surface area contributed by atoms with Crippen LogP contribution in [0.2, 0.25) is 0 Å². The largest absolute Gasteiger partial charge is 0.493 e. The molecule has 0 N–H and O–H groups in total. The Morgan fingerprint density at radius 1 is 1.24 bits per heavy atom. The smallest absolute Gasteiger partial charge is 0.140 e. The number of allylic oxidation sites excluding steroid dienone is 3. The van der Waals surface area contributed by atoms with Gasteiger partial charge >= 0.3 is 0 Å². The molecule has 4 bridgehead atoms. The lowest BCUT2D eigenvalue weighted by Crippen LogP contribution is -2.40. The van der Waals surface area contributed by atoms with Crippen LogP contribution in [0, 0.1) is 17.7 Å². The summed E-state index contributed by atoms with van der Waals surface area (Å²) in [6, 6.07) is 4.99. The molecule has 5 heteroatoms. The summed E-state index contributed by atoms with van der Waals surface area (Å²) in [5.74, 6) is 2.28. The van der Waals surface area contributed by atoms with Gasteiger partial charge in [0.25, 0.3) is 0 Å². The number of hydrogen-bond donors (Lipinski definition) is 0. The average Bonchev–Trinajstić information content (AvgIpc) is 2.71. The second kappa shape index (κ2) is 8.54. The van der Waals surface area contributed by atoms with Crippen LogP contribution < -0.4 is 4.74 Å². The highest BCUT2D eigenvalue weighted by atomic mass is 19.1. The van der Waals surface area contributed by atoms with Crippen molar-refractivity contribution in [2.75, 3.05) is 33.8 Å². The molecule has 1 saturated heterocycles. The Morgan fingerprint density at radius 2 is 2.10 bits per heavy atom. The summed E-state index contributed by atoms with van der Waals surface area (Å²) in [5.41, 5.74) is 2.21. The van der Waals surface area contributed by atoms with E-state index in [-0.39, 0.29) is 5.82 Å². The van der Waals surface area contributed by atoms with E-state index in [0.29, 0.717) is 35.3 Å². The number of likely N-dealkylation sites (tertiary alicyclic amines) is 1. The van der Waals surface area contributed by atoms with Crippen LogP contribution >= 0.6 is 0 Å². The van der Waals surface area contributed by atoms with Crippen LogP contribution in [0.5, 0.6) is 5.75 Å². The maximum absolute atomic E-state index is 14.8. The van der Waals surface area contributed by atoms with E-state index < -0.39 is 0 Å². The highest BCUT2D eigenvalue weighted by molar-refractivity contribution is 5.97. The van der Waals surface area contributed by atoms with E-state index in [9.17, 15) is 4.39 Å². The third-order valence-electron chi connectivity index (χ3n) is 6.31. The lowest BCUT2D eigenvalue weighted by atomic mass is 9.82. The third-order valence-corrected chi connectivity index (χ3v) is 6.31. The number of piperidine rings is 1. The van der Waals surface area contributed by atoms with Crippen molar-refractivity contribution in [2.24, 2.45) is 16.8 Å². The van der Waals surface area contributed by atoms with E-state index in [1.165, 1.54) is 18.9 Å². The summed E-state index contributed by atoms with van der Waals surface area (Å²) in [6.07, 6.45) is 10.2. The van der Waals surface area contributed by atoms with Crippen molar-refractivity contribution in [3.8, 4) is 5.75 Å². The Morgan fingerprint density at radius 3 is 2.93 bits per heavy atom. The molecule has 0 radical (unpaired) electrons. The molecule has 3 aliphatic heterocycles. The molecular formula is C24H30FN3O. The van der Waals surface area contributed by atoms with Crippen molar-refractivity contribution in [2.45, 2.75) is 25.7 Å². The minimum absolute atomic E-state index is 0.290. The van der Waals surface area contributed by atoms with Crippen LogP contribution in [-0.2, 0) is 0 Å². The molecule has 1 unspecified atom stereocenters. The molecule has 4 rings (SSSR count). The second-order valence-electron chi connectivity index (χ2n) is 8.39. The number of aliphatic imine (C=N–C) groups is 1. The van der Waals surface area contributed by atoms with E-state index in [4.69, 9.17) is 9.73 Å². The maximum Gasteiger partial charge on any atom is 0.140 e. The lowest BCUT2D eigenvalue weighted by molar-refractivity contribution is 0.0906. The standard InChI is InChI=1S/C24H30FN3O/c1-4-21-22-14-20(8-9-23(22)25)29-16-18-15-27(2)12-10-17(18)6-5-7-19-11-13-28(3)24(21)26-19/h4,8-9,11,13-14,17-18H,1,5-7,10,12,15-16H2,2-3H3/b24-21+/t17?,18-/m1/s1. The van der Waals surface area contributed by atoms with Gasteiger partial charge in [-0.15, -0.1) is 0 Å². The first-order chi connectivity index (χ1) is 14.0. The van der Waals surface area contributed by atoms with Crippen molar-refractivity contribution >= 4 is 11.3 Å². The molecule has 1 aromatic rings. The summed E-state index contributed by atoms with van der Waals surface area (Å²) in [4.78, 5) is 9.17. The fourth-order valence-electron chi connectivity index (χ4n) is 4.61. The Labute approximate surface area is 173 Å². The van der Waals surface area contributed by atoms with Gasteiger partial charge in [-0.3, -0.25) is 0 Å². The predicted molar refractivity (Wildman–Crippen MR) is 116 cm³/mol. The topological polar surface area (TPSA) is 28.1 Å². The van der Waals surface area contributed by atoms with E-state index in [2.05, 4.69) is 24.6 Å². The quantitative estimate of drug-likeness (QED) is 0.689. The van der Waals surface area contributed by atoms with E-state index in [0.717, 1.165) is 37.5 Å². The van der Waals surface area contributed by atoms with E-state index >= 15 is 0 Å². The molecule has 3 aliphatic rings. The first-order valence-electron chi connectivity index (χ1n) is 10.5. The zero-order valence-corrected chi connectivity index (χ0v) is 17.4. The fourth-order valence-corrected chi connectivity index (χ4v) is 4.61. The Kier molecular flexibility index (Phi) is 5.86. The van der Waals surface area contributed by atoms with Gasteiger partial charge in [0.15, 0.2) is 0 Å². The molecule has 1 aromatic carbocycles. The number of nitrogens with zero attached hydrogens (tertiary/aromatic N) is 3. The fraction of sp³-hybridized carbons (Fsp3) is 0.458. The van der Waals surface area contributed by atoms with Crippen LogP contribution in [0.4, 0.5) is 4.39 Å². The molecule has 2 atom stereocenters. The van der Waals surface area contributed by atoms with Gasteiger partial charge in [-0.1, -0.05) is 12.7 Å². The monoisotopic (exact) mass is 395 g/mol. The van der Waals surface area contributed by atoms with Gasteiger partial charge in [0, 0.05) is 42.6 Å². The highest BCUT2D eigenvalue weighted by Crippen LogP contribution is 2.33. The molecule has 4 nitrogen and oxygen atoms in total. The number of rotatable bonds is 1. The Hall–Kier alpha value is -2.40.